The van der Waals surface area contributed by atoms with E-state index in [0.717, 1.165) is 19.3 Å². The fourth-order valence-corrected chi connectivity index (χ4v) is 3.63. The molecule has 3 aromatic carbocycles. The second kappa shape index (κ2) is 10.0. The lowest BCUT2D eigenvalue weighted by Gasteiger charge is -2.30. The Morgan fingerprint density at radius 2 is 1.14 bits per heavy atom. The highest BCUT2D eigenvalue weighted by molar-refractivity contribution is 5.25. The number of aliphatic hydroxyl groups is 1. The molecular formula is C26H29NO. The summed E-state index contributed by atoms with van der Waals surface area (Å²) >= 11 is 0. The van der Waals surface area contributed by atoms with E-state index in [1.165, 1.54) is 16.7 Å². The number of benzene rings is 3. The zero-order valence-electron chi connectivity index (χ0n) is 16.2. The predicted octanol–water partition coefficient (Wildman–Crippen LogP) is 4.58. The number of hydrogen-bond acceptors (Lipinski definition) is 2. The normalized spacial score (nSPS) is 12.9. The van der Waals surface area contributed by atoms with Crippen molar-refractivity contribution in [2.24, 2.45) is 11.1 Å². The minimum absolute atomic E-state index is 0.0747. The maximum absolute atomic E-state index is 10.4. The summed E-state index contributed by atoms with van der Waals surface area (Å²) in [5.41, 5.74) is 9.66. The van der Waals surface area contributed by atoms with Gasteiger partial charge in [-0.25, -0.2) is 0 Å². The van der Waals surface area contributed by atoms with Crippen LogP contribution < -0.4 is 5.73 Å². The first-order valence-corrected chi connectivity index (χ1v) is 9.87. The summed E-state index contributed by atoms with van der Waals surface area (Å²) in [4.78, 5) is 0. The van der Waals surface area contributed by atoms with Crippen molar-refractivity contribution in [1.29, 1.82) is 0 Å². The van der Waals surface area contributed by atoms with E-state index in [9.17, 15) is 5.11 Å². The van der Waals surface area contributed by atoms with Crippen molar-refractivity contribution >= 4 is 0 Å². The summed E-state index contributed by atoms with van der Waals surface area (Å²) < 4.78 is 0. The van der Waals surface area contributed by atoms with Crippen molar-refractivity contribution in [2.75, 3.05) is 6.61 Å². The molecule has 0 saturated carbocycles. The Morgan fingerprint density at radius 1 is 0.714 bits per heavy atom. The number of aliphatic hydroxyl groups excluding tert-OH is 1. The fraction of sp³-hybridized carbons (Fsp3) is 0.231. The minimum atomic E-state index is -0.378. The molecule has 0 unspecified atom stereocenters. The molecule has 3 aromatic rings. The molecule has 0 radical (unpaired) electrons. The zero-order valence-corrected chi connectivity index (χ0v) is 16.2. The number of nitrogens with two attached hydrogens (primary N) is 1. The molecule has 0 aliphatic carbocycles. The fourth-order valence-electron chi connectivity index (χ4n) is 3.63. The smallest absolute Gasteiger partial charge is 0.0528 e. The van der Waals surface area contributed by atoms with Gasteiger partial charge in [-0.3, -0.25) is 0 Å². The highest BCUT2D eigenvalue weighted by Gasteiger charge is 2.27. The van der Waals surface area contributed by atoms with Crippen molar-refractivity contribution in [3.8, 4) is 0 Å². The Balaban J connectivity index is 1.81. The molecule has 0 heterocycles. The van der Waals surface area contributed by atoms with E-state index < -0.39 is 0 Å². The van der Waals surface area contributed by atoms with Gasteiger partial charge in [-0.05, 0) is 36.0 Å². The summed E-state index contributed by atoms with van der Waals surface area (Å²) in [6.45, 7) is 0.0747. The summed E-state index contributed by atoms with van der Waals surface area (Å²) in [6, 6.07) is 30.9. The van der Waals surface area contributed by atoms with E-state index in [0.29, 0.717) is 0 Å². The van der Waals surface area contributed by atoms with Crippen molar-refractivity contribution in [2.45, 2.75) is 25.3 Å². The van der Waals surface area contributed by atoms with Gasteiger partial charge >= 0.3 is 0 Å². The lowest BCUT2D eigenvalue weighted by Crippen LogP contribution is -2.30. The standard InChI is InChI=1S/C26H29NO/c27-25(18-22-10-4-1-5-11-22)16-17-26(21-28,19-23-12-6-2-7-13-23)20-24-14-8-3-9-15-24/h1-17,25,28H,18-21,27H2/b17-16+/t25-/m1/s1. The van der Waals surface area contributed by atoms with Gasteiger partial charge in [0.25, 0.3) is 0 Å². The highest BCUT2D eigenvalue weighted by Crippen LogP contribution is 2.30. The molecule has 0 spiro atoms. The summed E-state index contributed by atoms with van der Waals surface area (Å²) in [6.07, 6.45) is 6.53. The number of rotatable bonds is 9. The average Bonchev–Trinajstić information content (AvgIpc) is 2.74. The van der Waals surface area contributed by atoms with Crippen LogP contribution in [0.15, 0.2) is 103 Å². The SMILES string of the molecule is N[C@H](/C=C/C(CO)(Cc1ccccc1)Cc1ccccc1)Cc1ccccc1. The largest absolute Gasteiger partial charge is 0.395 e. The molecule has 3 N–H and O–H groups in total. The van der Waals surface area contributed by atoms with E-state index in [4.69, 9.17) is 5.73 Å². The average molecular weight is 372 g/mol. The van der Waals surface area contributed by atoms with Crippen molar-refractivity contribution in [3.05, 3.63) is 120 Å². The molecule has 0 aliphatic heterocycles. The predicted molar refractivity (Wildman–Crippen MR) is 117 cm³/mol. The van der Waals surface area contributed by atoms with Gasteiger partial charge in [0, 0.05) is 11.5 Å². The van der Waals surface area contributed by atoms with Gasteiger partial charge in [-0.1, -0.05) is 103 Å². The Morgan fingerprint density at radius 3 is 1.57 bits per heavy atom. The van der Waals surface area contributed by atoms with Gasteiger partial charge in [-0.15, -0.1) is 0 Å². The van der Waals surface area contributed by atoms with E-state index in [1.54, 1.807) is 0 Å². The maximum atomic E-state index is 10.4. The quantitative estimate of drug-likeness (QED) is 0.541. The van der Waals surface area contributed by atoms with Crippen LogP contribution in [0.2, 0.25) is 0 Å². The molecule has 0 bridgehead atoms. The summed E-state index contributed by atoms with van der Waals surface area (Å²) in [5.74, 6) is 0. The molecule has 0 fully saturated rings. The van der Waals surface area contributed by atoms with E-state index in [2.05, 4.69) is 48.6 Å². The van der Waals surface area contributed by atoms with Gasteiger partial charge in [0.05, 0.1) is 6.61 Å². The van der Waals surface area contributed by atoms with E-state index >= 15 is 0 Å². The molecule has 0 aliphatic rings. The molecule has 0 aromatic heterocycles. The Hall–Kier alpha value is -2.68. The summed E-state index contributed by atoms with van der Waals surface area (Å²) in [5, 5.41) is 10.4. The molecule has 0 amide bonds. The van der Waals surface area contributed by atoms with Gasteiger partial charge in [0.15, 0.2) is 0 Å². The first-order chi connectivity index (χ1) is 13.7. The lowest BCUT2D eigenvalue weighted by molar-refractivity contribution is 0.167. The molecule has 2 heteroatoms. The van der Waals surface area contributed by atoms with Crippen LogP contribution >= 0.6 is 0 Å². The number of hydrogen-bond donors (Lipinski definition) is 2. The molecule has 144 valence electrons. The maximum Gasteiger partial charge on any atom is 0.0528 e. The van der Waals surface area contributed by atoms with Crippen LogP contribution in [0.25, 0.3) is 0 Å². The minimum Gasteiger partial charge on any atom is -0.395 e. The van der Waals surface area contributed by atoms with Crippen molar-refractivity contribution in [3.63, 3.8) is 0 Å². The van der Waals surface area contributed by atoms with Crippen LogP contribution in [-0.2, 0) is 19.3 Å². The molecule has 0 saturated heterocycles. The molecule has 1 atom stereocenters. The first kappa shape index (κ1) is 20.1. The van der Waals surface area contributed by atoms with Crippen LogP contribution in [0.5, 0.6) is 0 Å². The Kier molecular flexibility index (Phi) is 7.18. The molecule has 3 rings (SSSR count). The summed E-state index contributed by atoms with van der Waals surface area (Å²) in [7, 11) is 0. The van der Waals surface area contributed by atoms with Gasteiger partial charge in [0.1, 0.15) is 0 Å². The van der Waals surface area contributed by atoms with E-state index in [1.807, 2.05) is 54.6 Å². The van der Waals surface area contributed by atoms with Gasteiger partial charge < -0.3 is 10.8 Å². The van der Waals surface area contributed by atoms with Gasteiger partial charge in [0.2, 0.25) is 0 Å². The second-order valence-electron chi connectivity index (χ2n) is 7.56. The monoisotopic (exact) mass is 371 g/mol. The van der Waals surface area contributed by atoms with Crippen LogP contribution in [-0.4, -0.2) is 17.8 Å². The van der Waals surface area contributed by atoms with Crippen LogP contribution in [0.1, 0.15) is 16.7 Å². The van der Waals surface area contributed by atoms with Crippen LogP contribution in [0.3, 0.4) is 0 Å². The highest BCUT2D eigenvalue weighted by atomic mass is 16.3. The Labute approximate surface area is 168 Å². The van der Waals surface area contributed by atoms with E-state index in [-0.39, 0.29) is 18.1 Å². The van der Waals surface area contributed by atoms with Crippen molar-refractivity contribution < 1.29 is 5.11 Å². The lowest BCUT2D eigenvalue weighted by atomic mass is 9.76. The van der Waals surface area contributed by atoms with Crippen LogP contribution in [0, 0.1) is 5.41 Å². The van der Waals surface area contributed by atoms with Crippen molar-refractivity contribution in [1.82, 2.24) is 0 Å². The second-order valence-corrected chi connectivity index (χ2v) is 7.56. The molecule has 28 heavy (non-hydrogen) atoms. The zero-order chi connectivity index (χ0) is 19.7. The first-order valence-electron chi connectivity index (χ1n) is 9.87. The third-order valence-electron chi connectivity index (χ3n) is 5.12. The topological polar surface area (TPSA) is 46.2 Å². The third kappa shape index (κ3) is 5.91. The van der Waals surface area contributed by atoms with Crippen LogP contribution in [0.4, 0.5) is 0 Å². The Bertz CT molecular complexity index is 802. The third-order valence-corrected chi connectivity index (χ3v) is 5.12. The molecular weight excluding hydrogens is 342 g/mol. The molecule has 2 nitrogen and oxygen atoms in total. The van der Waals surface area contributed by atoms with Gasteiger partial charge in [-0.2, -0.15) is 0 Å².